The maximum absolute atomic E-state index is 11.1. The third-order valence-electron chi connectivity index (χ3n) is 3.45. The van der Waals surface area contributed by atoms with E-state index in [1.54, 1.807) is 43.5 Å². The van der Waals surface area contributed by atoms with Crippen molar-refractivity contribution in [3.8, 4) is 5.75 Å². The van der Waals surface area contributed by atoms with Crippen molar-refractivity contribution in [2.45, 2.75) is 13.8 Å². The molecule has 0 atom stereocenters. The lowest BCUT2D eigenvalue weighted by atomic mass is 10.1. The Kier molecular flexibility index (Phi) is 5.26. The van der Waals surface area contributed by atoms with E-state index in [0.717, 1.165) is 11.1 Å². The first kappa shape index (κ1) is 17.1. The quantitative estimate of drug-likeness (QED) is 0.500. The number of amides is 1. The van der Waals surface area contributed by atoms with E-state index in [1.807, 2.05) is 6.92 Å². The second kappa shape index (κ2) is 7.36. The highest BCUT2D eigenvalue weighted by molar-refractivity contribution is 5.82. The number of carbonyl (C=O) groups is 1. The van der Waals surface area contributed by atoms with Crippen molar-refractivity contribution in [3.63, 3.8) is 0 Å². The zero-order valence-electron chi connectivity index (χ0n) is 13.4. The predicted octanol–water partition coefficient (Wildman–Crippen LogP) is 2.83. The summed E-state index contributed by atoms with van der Waals surface area (Å²) < 4.78 is 5.16. The Bertz CT molecular complexity index is 798. The van der Waals surface area contributed by atoms with Gasteiger partial charge in [-0.2, -0.15) is 0 Å². The van der Waals surface area contributed by atoms with Crippen molar-refractivity contribution in [2.24, 2.45) is 10.7 Å². The molecule has 0 bridgehead atoms. The molecule has 0 aromatic heterocycles. The standard InChI is InChI=1S/C17H17N3O4/c1-11-7-14(8-16(12(11)2)20(22)23)19-9-13-3-5-15(6-4-13)24-10-17(18)21/h3-9H,10H2,1-2H3,(H2,18,21). The Morgan fingerprint density at radius 2 is 1.96 bits per heavy atom. The Labute approximate surface area is 138 Å². The van der Waals surface area contributed by atoms with Crippen molar-refractivity contribution in [2.75, 3.05) is 6.61 Å². The topological polar surface area (TPSA) is 108 Å². The van der Waals surface area contributed by atoms with E-state index in [0.29, 0.717) is 17.0 Å². The highest BCUT2D eigenvalue weighted by Crippen LogP contribution is 2.27. The molecule has 0 radical (unpaired) electrons. The van der Waals surface area contributed by atoms with E-state index in [1.165, 1.54) is 6.07 Å². The number of nitrogens with two attached hydrogens (primary N) is 1. The average Bonchev–Trinajstić information content (AvgIpc) is 2.54. The summed E-state index contributed by atoms with van der Waals surface area (Å²) in [4.78, 5) is 25.6. The summed E-state index contributed by atoms with van der Waals surface area (Å²) in [7, 11) is 0. The molecule has 0 heterocycles. The highest BCUT2D eigenvalue weighted by atomic mass is 16.6. The van der Waals surface area contributed by atoms with E-state index in [4.69, 9.17) is 10.5 Å². The van der Waals surface area contributed by atoms with Crippen LogP contribution in [0.25, 0.3) is 0 Å². The molecule has 0 saturated carbocycles. The molecule has 124 valence electrons. The van der Waals surface area contributed by atoms with Gasteiger partial charge in [0.1, 0.15) is 5.75 Å². The summed E-state index contributed by atoms with van der Waals surface area (Å²) in [5, 5.41) is 11.1. The molecule has 0 spiro atoms. The van der Waals surface area contributed by atoms with Gasteiger partial charge in [-0.3, -0.25) is 19.9 Å². The lowest BCUT2D eigenvalue weighted by Gasteiger charge is -2.04. The number of nitro benzene ring substituents is 1. The summed E-state index contributed by atoms with van der Waals surface area (Å²) in [6.45, 7) is 3.34. The number of benzene rings is 2. The molecular formula is C17H17N3O4. The van der Waals surface area contributed by atoms with Gasteiger partial charge in [-0.1, -0.05) is 0 Å². The Balaban J connectivity index is 2.16. The lowest BCUT2D eigenvalue weighted by Crippen LogP contribution is -2.19. The SMILES string of the molecule is Cc1cc(N=Cc2ccc(OCC(N)=O)cc2)cc([N+](=O)[O-])c1C. The van der Waals surface area contributed by atoms with E-state index in [-0.39, 0.29) is 12.3 Å². The number of ether oxygens (including phenoxy) is 1. The van der Waals surface area contributed by atoms with Gasteiger partial charge in [-0.15, -0.1) is 0 Å². The molecule has 2 N–H and O–H groups in total. The Morgan fingerprint density at radius 1 is 1.29 bits per heavy atom. The fourth-order valence-corrected chi connectivity index (χ4v) is 2.04. The molecule has 7 heteroatoms. The molecule has 0 unspecified atom stereocenters. The number of hydrogen-bond donors (Lipinski definition) is 1. The summed E-state index contributed by atoms with van der Waals surface area (Å²) >= 11 is 0. The molecule has 0 aliphatic heterocycles. The minimum Gasteiger partial charge on any atom is -0.484 e. The maximum atomic E-state index is 11.1. The van der Waals surface area contributed by atoms with Gasteiger partial charge in [0.05, 0.1) is 10.6 Å². The number of hydrogen-bond acceptors (Lipinski definition) is 5. The zero-order valence-corrected chi connectivity index (χ0v) is 13.4. The van der Waals surface area contributed by atoms with E-state index in [9.17, 15) is 14.9 Å². The van der Waals surface area contributed by atoms with Gasteiger partial charge in [0.15, 0.2) is 6.61 Å². The molecule has 0 aliphatic carbocycles. The largest absolute Gasteiger partial charge is 0.484 e. The fourth-order valence-electron chi connectivity index (χ4n) is 2.04. The number of aryl methyl sites for hydroxylation is 1. The van der Waals surface area contributed by atoms with Crippen LogP contribution in [0.1, 0.15) is 16.7 Å². The first-order valence-corrected chi connectivity index (χ1v) is 7.17. The number of nitro groups is 1. The first-order chi connectivity index (χ1) is 11.4. The molecule has 0 saturated heterocycles. The molecule has 24 heavy (non-hydrogen) atoms. The van der Waals surface area contributed by atoms with Crippen LogP contribution in [-0.4, -0.2) is 23.7 Å². The Morgan fingerprint density at radius 3 is 2.54 bits per heavy atom. The van der Waals surface area contributed by atoms with Crippen LogP contribution in [0.15, 0.2) is 41.4 Å². The fraction of sp³-hybridized carbons (Fsp3) is 0.176. The second-order valence-corrected chi connectivity index (χ2v) is 5.25. The monoisotopic (exact) mass is 327 g/mol. The third-order valence-corrected chi connectivity index (χ3v) is 3.45. The number of carbonyl (C=O) groups excluding carboxylic acids is 1. The van der Waals surface area contributed by atoms with Crippen molar-refractivity contribution in [3.05, 3.63) is 63.2 Å². The number of nitrogens with zero attached hydrogens (tertiary/aromatic N) is 2. The zero-order chi connectivity index (χ0) is 17.7. The van der Waals surface area contributed by atoms with Crippen molar-refractivity contribution >= 4 is 23.5 Å². The van der Waals surface area contributed by atoms with Crippen LogP contribution in [0.4, 0.5) is 11.4 Å². The number of primary amides is 1. The number of aliphatic imine (C=N–C) groups is 1. The number of rotatable bonds is 6. The molecule has 2 aromatic rings. The smallest absolute Gasteiger partial charge is 0.274 e. The van der Waals surface area contributed by atoms with E-state index < -0.39 is 10.8 Å². The van der Waals surface area contributed by atoms with Gasteiger partial charge < -0.3 is 10.5 Å². The third kappa shape index (κ3) is 4.39. The molecule has 0 aliphatic rings. The maximum Gasteiger partial charge on any atom is 0.274 e. The molecule has 0 fully saturated rings. The van der Waals surface area contributed by atoms with Crippen molar-refractivity contribution < 1.29 is 14.5 Å². The van der Waals surface area contributed by atoms with Crippen LogP contribution >= 0.6 is 0 Å². The molecule has 1 amide bonds. The Hall–Kier alpha value is -3.22. The lowest BCUT2D eigenvalue weighted by molar-refractivity contribution is -0.385. The average molecular weight is 327 g/mol. The predicted molar refractivity (Wildman–Crippen MR) is 91.0 cm³/mol. The normalized spacial score (nSPS) is 10.8. The van der Waals surface area contributed by atoms with Crippen molar-refractivity contribution in [1.29, 1.82) is 0 Å². The second-order valence-electron chi connectivity index (χ2n) is 5.25. The van der Waals surface area contributed by atoms with Crippen LogP contribution in [-0.2, 0) is 4.79 Å². The van der Waals surface area contributed by atoms with Crippen LogP contribution in [0.3, 0.4) is 0 Å². The van der Waals surface area contributed by atoms with Crippen LogP contribution in [0, 0.1) is 24.0 Å². The molecule has 7 nitrogen and oxygen atoms in total. The summed E-state index contributed by atoms with van der Waals surface area (Å²) in [6, 6.07) is 10.1. The summed E-state index contributed by atoms with van der Waals surface area (Å²) in [5.74, 6) is -0.0234. The molecular weight excluding hydrogens is 310 g/mol. The minimum atomic E-state index is -0.544. The van der Waals surface area contributed by atoms with Crippen molar-refractivity contribution in [1.82, 2.24) is 0 Å². The van der Waals surface area contributed by atoms with Gasteiger partial charge in [-0.25, -0.2) is 0 Å². The van der Waals surface area contributed by atoms with Gasteiger partial charge in [0.25, 0.3) is 11.6 Å². The summed E-state index contributed by atoms with van der Waals surface area (Å²) in [6.07, 6.45) is 1.60. The van der Waals surface area contributed by atoms with Gasteiger partial charge in [-0.05, 0) is 55.3 Å². The summed E-state index contributed by atoms with van der Waals surface area (Å²) in [5.41, 5.74) is 7.81. The minimum absolute atomic E-state index is 0.0531. The van der Waals surface area contributed by atoms with E-state index >= 15 is 0 Å². The highest BCUT2D eigenvalue weighted by Gasteiger charge is 2.13. The molecule has 2 aromatic carbocycles. The van der Waals surface area contributed by atoms with Crippen LogP contribution < -0.4 is 10.5 Å². The molecule has 2 rings (SSSR count). The first-order valence-electron chi connectivity index (χ1n) is 7.17. The van der Waals surface area contributed by atoms with Crippen LogP contribution in [0.2, 0.25) is 0 Å². The van der Waals surface area contributed by atoms with Crippen LogP contribution in [0.5, 0.6) is 5.75 Å². The van der Waals surface area contributed by atoms with Gasteiger partial charge in [0.2, 0.25) is 0 Å². The van der Waals surface area contributed by atoms with Gasteiger partial charge >= 0.3 is 0 Å². The van der Waals surface area contributed by atoms with Gasteiger partial charge in [0, 0.05) is 17.8 Å². The van der Waals surface area contributed by atoms with E-state index in [2.05, 4.69) is 4.99 Å².